The molecule has 1 saturated heterocycles. The molecule has 0 spiro atoms. The minimum Gasteiger partial charge on any atom is -0.472 e. The summed E-state index contributed by atoms with van der Waals surface area (Å²) < 4.78 is 28.9. The number of piperidine rings is 1. The molecule has 2 unspecified atom stereocenters. The number of fused-ring (bicyclic) bond motifs is 8. The molecule has 2 aliphatic heterocycles. The maximum absolute atomic E-state index is 15.2. The minimum absolute atomic E-state index is 0.0931. The summed E-state index contributed by atoms with van der Waals surface area (Å²) in [6.45, 7) is 20.2. The summed E-state index contributed by atoms with van der Waals surface area (Å²) in [5.74, 6) is 3.76. The Balaban J connectivity index is 0.00000150. The summed E-state index contributed by atoms with van der Waals surface area (Å²) in [5.41, 5.74) is 9.35. The van der Waals surface area contributed by atoms with Gasteiger partial charge in [-0.05, 0) is 116 Å². The summed E-state index contributed by atoms with van der Waals surface area (Å²) in [4.78, 5) is 2.50. The van der Waals surface area contributed by atoms with Crippen molar-refractivity contribution in [1.82, 2.24) is 0 Å². The summed E-state index contributed by atoms with van der Waals surface area (Å²) in [6.07, 6.45) is 11.4. The minimum atomic E-state index is -0.898. The fourth-order valence-corrected chi connectivity index (χ4v) is 9.22. The number of ether oxygens (including phenoxy) is 1. The molecule has 0 amide bonds. The highest BCUT2D eigenvalue weighted by atomic mass is 32.2. The third-order valence-electron chi connectivity index (χ3n) is 12.1. The van der Waals surface area contributed by atoms with Gasteiger partial charge in [0.15, 0.2) is 5.60 Å². The van der Waals surface area contributed by atoms with E-state index in [4.69, 9.17) is 8.92 Å². The van der Waals surface area contributed by atoms with Gasteiger partial charge in [0, 0.05) is 56.9 Å². The molecule has 5 heteroatoms. The summed E-state index contributed by atoms with van der Waals surface area (Å²) in [6, 6.07) is 31.3. The topological polar surface area (TPSA) is 21.7 Å². The Morgan fingerprint density at radius 2 is 1.69 bits per heavy atom. The lowest BCUT2D eigenvalue weighted by Crippen LogP contribution is -2.37. The van der Waals surface area contributed by atoms with E-state index in [9.17, 15) is 0 Å². The van der Waals surface area contributed by atoms with Gasteiger partial charge in [-0.3, -0.25) is 0 Å². The van der Waals surface area contributed by atoms with Gasteiger partial charge in [0.05, 0.1) is 6.61 Å². The van der Waals surface area contributed by atoms with Crippen LogP contribution in [0.25, 0.3) is 28.0 Å². The molecule has 0 bridgehead atoms. The van der Waals surface area contributed by atoms with Crippen LogP contribution in [-0.4, -0.2) is 24.4 Å². The number of rotatable bonds is 8. The largest absolute Gasteiger partial charge is 0.472 e. The van der Waals surface area contributed by atoms with Crippen LogP contribution in [-0.2, 0) is 15.2 Å². The summed E-state index contributed by atoms with van der Waals surface area (Å²) in [7, 11) is 0. The van der Waals surface area contributed by atoms with E-state index < -0.39 is 5.60 Å². The van der Waals surface area contributed by atoms with Gasteiger partial charge in [0.25, 0.3) is 0 Å². The van der Waals surface area contributed by atoms with Gasteiger partial charge in [0.1, 0.15) is 11.6 Å². The molecule has 2 atom stereocenters. The highest BCUT2D eigenvalue weighted by molar-refractivity contribution is 7.96. The average molecular weight is 752 g/mol. The number of benzene rings is 5. The van der Waals surface area contributed by atoms with Crippen molar-refractivity contribution in [3.63, 3.8) is 0 Å². The molecule has 8 rings (SSSR count). The van der Waals surface area contributed by atoms with E-state index >= 15 is 4.39 Å². The molecule has 5 aromatic rings. The second-order valence-corrected chi connectivity index (χ2v) is 18.3. The zero-order valence-corrected chi connectivity index (χ0v) is 34.4. The maximum Gasteiger partial charge on any atom is 0.178 e. The highest BCUT2D eigenvalue weighted by Gasteiger charge is 2.44. The van der Waals surface area contributed by atoms with Crippen molar-refractivity contribution in [3.05, 3.63) is 136 Å². The first kappa shape index (κ1) is 38.8. The number of anilines is 1. The van der Waals surface area contributed by atoms with Crippen molar-refractivity contribution in [2.45, 2.75) is 84.0 Å². The van der Waals surface area contributed by atoms with Crippen molar-refractivity contribution >= 4 is 34.6 Å². The number of nitrogens with zero attached hydrogens (tertiary/aromatic N) is 1. The molecule has 3 nitrogen and oxygen atoms in total. The van der Waals surface area contributed by atoms with Crippen LogP contribution in [0.2, 0.25) is 0 Å². The van der Waals surface area contributed by atoms with Crippen LogP contribution in [0.3, 0.4) is 0 Å². The van der Waals surface area contributed by atoms with Gasteiger partial charge in [0.2, 0.25) is 0 Å². The third-order valence-corrected chi connectivity index (χ3v) is 13.3. The summed E-state index contributed by atoms with van der Waals surface area (Å²) >= 11 is 1.63. The first-order chi connectivity index (χ1) is 26.3. The zero-order chi connectivity index (χ0) is 39.1. The Labute approximate surface area is 332 Å². The Kier molecular flexibility index (Phi) is 10.7. The molecule has 2 heterocycles. The van der Waals surface area contributed by atoms with E-state index in [1.165, 1.54) is 39.9 Å². The van der Waals surface area contributed by atoms with Crippen LogP contribution in [0.5, 0.6) is 5.75 Å². The smallest absolute Gasteiger partial charge is 0.178 e. The Morgan fingerprint density at radius 3 is 2.40 bits per heavy atom. The van der Waals surface area contributed by atoms with Gasteiger partial charge in [-0.15, -0.1) is 12.3 Å². The molecule has 0 N–H and O–H groups in total. The third kappa shape index (κ3) is 7.09. The number of hydrogen-bond donors (Lipinski definition) is 0. The van der Waals surface area contributed by atoms with E-state index in [2.05, 4.69) is 145 Å². The molecule has 3 aliphatic rings. The van der Waals surface area contributed by atoms with Gasteiger partial charge in [-0.2, -0.15) is 0 Å². The van der Waals surface area contributed by atoms with Gasteiger partial charge >= 0.3 is 0 Å². The summed E-state index contributed by atoms with van der Waals surface area (Å²) in [5, 5.41) is 1.82. The number of hydrogen-bond acceptors (Lipinski definition) is 4. The molecular formula is C50H54FNO2S. The van der Waals surface area contributed by atoms with Crippen LogP contribution in [0.15, 0.2) is 97.1 Å². The predicted molar refractivity (Wildman–Crippen MR) is 231 cm³/mol. The Hall–Kier alpha value is -4.50. The second kappa shape index (κ2) is 15.2. The molecule has 284 valence electrons. The van der Waals surface area contributed by atoms with Crippen LogP contribution in [0, 0.1) is 36.9 Å². The van der Waals surface area contributed by atoms with Crippen molar-refractivity contribution in [2.75, 3.05) is 24.6 Å². The fraction of sp³-hybridized carbons (Fsp3) is 0.360. The van der Waals surface area contributed by atoms with Gasteiger partial charge in [-0.1, -0.05) is 106 Å². The average Bonchev–Trinajstić information content (AvgIpc) is 3.41. The molecule has 5 aromatic carbocycles. The zero-order valence-electron chi connectivity index (χ0n) is 33.6. The highest BCUT2D eigenvalue weighted by Crippen LogP contribution is 2.58. The van der Waals surface area contributed by atoms with Gasteiger partial charge < -0.3 is 13.8 Å². The number of aryl methyl sites for hydroxylation is 1. The van der Waals surface area contributed by atoms with Crippen LogP contribution < -0.4 is 9.64 Å². The SMILES string of the molecule is C#CC.Cc1ccc2c(c1)C(C)(C)c1c3c(c4cc(F)ccc4c1-2)OC(c1ccccc1)(c1ccc(N2CCCC(COSC(C)(C)C(C)C)C2)cc1)C=C3. The lowest BCUT2D eigenvalue weighted by Gasteiger charge is -2.39. The maximum atomic E-state index is 15.2. The molecular weight excluding hydrogens is 698 g/mol. The van der Waals surface area contributed by atoms with E-state index in [1.807, 2.05) is 12.1 Å². The lowest BCUT2D eigenvalue weighted by molar-refractivity contribution is 0.163. The second-order valence-electron chi connectivity index (χ2n) is 16.8. The van der Waals surface area contributed by atoms with Crippen molar-refractivity contribution < 1.29 is 13.3 Å². The van der Waals surface area contributed by atoms with Crippen molar-refractivity contribution in [3.8, 4) is 29.2 Å². The first-order valence-corrected chi connectivity index (χ1v) is 20.4. The van der Waals surface area contributed by atoms with Gasteiger partial charge in [-0.25, -0.2) is 4.39 Å². The number of terminal acetylenes is 1. The number of halogens is 1. The first-order valence-electron chi connectivity index (χ1n) is 19.7. The van der Waals surface area contributed by atoms with Crippen LogP contribution in [0.1, 0.15) is 94.7 Å². The molecule has 55 heavy (non-hydrogen) atoms. The van der Waals surface area contributed by atoms with Crippen molar-refractivity contribution in [2.24, 2.45) is 11.8 Å². The standard InChI is InChI=1S/C47H50FNO2S.C3H4/c1-30(2)46(6,7)52-50-29-32-12-11-25-49(28-32)36-19-16-34(17-20-36)47(33-13-9-8-10-14-33)24-23-39-43-42(37-22-18-35(48)27-40(37)44(39)51-47)38-21-15-31(3)26-41(38)45(43,4)5;1-3-2/h8-10,13-24,26-27,30,32H,11-12,25,28-29H2,1-7H3;1H,2H3. The van der Waals surface area contributed by atoms with Crippen LogP contribution >= 0.6 is 12.0 Å². The van der Waals surface area contributed by atoms with E-state index in [-0.39, 0.29) is 16.0 Å². The quantitative estimate of drug-likeness (QED) is 0.116. The van der Waals surface area contributed by atoms with E-state index in [0.717, 1.165) is 59.3 Å². The normalized spacial score (nSPS) is 19.5. The lowest BCUT2D eigenvalue weighted by atomic mass is 9.76. The van der Waals surface area contributed by atoms with E-state index in [1.54, 1.807) is 31.1 Å². The van der Waals surface area contributed by atoms with Crippen molar-refractivity contribution in [1.29, 1.82) is 0 Å². The monoisotopic (exact) mass is 751 g/mol. The molecule has 0 aromatic heterocycles. The van der Waals surface area contributed by atoms with Crippen LogP contribution in [0.4, 0.5) is 10.1 Å². The molecule has 1 fully saturated rings. The predicted octanol–water partition coefficient (Wildman–Crippen LogP) is 12.9. The van der Waals surface area contributed by atoms with E-state index in [0.29, 0.717) is 11.8 Å². The molecule has 0 radical (unpaired) electrons. The Morgan fingerprint density at radius 1 is 0.982 bits per heavy atom. The molecule has 0 saturated carbocycles. The Bertz CT molecular complexity index is 2270. The molecule has 1 aliphatic carbocycles. The fourth-order valence-electron chi connectivity index (χ4n) is 8.47.